The molecule has 0 aliphatic heterocycles. The van der Waals surface area contributed by atoms with Gasteiger partial charge in [-0.3, -0.25) is 0 Å². The van der Waals surface area contributed by atoms with E-state index in [1.807, 2.05) is 0 Å². The first-order valence-corrected chi connectivity index (χ1v) is 11.4. The van der Waals surface area contributed by atoms with Gasteiger partial charge in [-0.2, -0.15) is 0 Å². The van der Waals surface area contributed by atoms with E-state index in [1.54, 1.807) is 0 Å². The Kier molecular flexibility index (Phi) is 6.01. The summed E-state index contributed by atoms with van der Waals surface area (Å²) in [6.07, 6.45) is 27.1. The lowest BCUT2D eigenvalue weighted by Gasteiger charge is -2.47. The Bertz CT molecular complexity index is 452. The van der Waals surface area contributed by atoms with Gasteiger partial charge >= 0.3 is 0 Å². The number of hydrogen-bond donors (Lipinski definition) is 1. The zero-order valence-electron chi connectivity index (χ0n) is 16.0. The van der Waals surface area contributed by atoms with Crippen molar-refractivity contribution in [3.8, 4) is 0 Å². The van der Waals surface area contributed by atoms with Gasteiger partial charge in [-0.1, -0.05) is 56.4 Å². The van der Waals surface area contributed by atoms with Gasteiger partial charge in [0.05, 0.1) is 6.10 Å². The molecule has 0 heterocycles. The highest BCUT2D eigenvalue weighted by Crippen LogP contribution is 2.49. The van der Waals surface area contributed by atoms with E-state index in [4.69, 9.17) is 0 Å². The lowest BCUT2D eigenvalue weighted by atomic mass is 9.59. The molecule has 0 spiro atoms. The molecule has 1 heteroatoms. The predicted molar refractivity (Wildman–Crippen MR) is 105 cm³/mol. The van der Waals surface area contributed by atoms with Crippen LogP contribution >= 0.6 is 0 Å². The normalized spacial score (nSPS) is 41.1. The van der Waals surface area contributed by atoms with E-state index in [9.17, 15) is 5.11 Å². The summed E-state index contributed by atoms with van der Waals surface area (Å²) in [5.41, 5.74) is 0. The molecule has 2 saturated carbocycles. The van der Waals surface area contributed by atoms with Gasteiger partial charge < -0.3 is 5.11 Å². The number of aliphatic hydroxyl groups is 1. The summed E-state index contributed by atoms with van der Waals surface area (Å²) in [5, 5.41) is 11.7. The van der Waals surface area contributed by atoms with Crippen LogP contribution in [-0.4, -0.2) is 11.2 Å². The van der Waals surface area contributed by atoms with Crippen molar-refractivity contribution in [2.75, 3.05) is 0 Å². The highest BCUT2D eigenvalue weighted by molar-refractivity contribution is 5.06. The minimum atomic E-state index is -0.0774. The summed E-state index contributed by atoms with van der Waals surface area (Å²) in [5.74, 6) is 4.01. The van der Waals surface area contributed by atoms with Crippen molar-refractivity contribution in [2.45, 2.75) is 89.6 Å². The van der Waals surface area contributed by atoms with Crippen LogP contribution in [0.3, 0.4) is 0 Å². The van der Waals surface area contributed by atoms with Crippen LogP contribution in [0.1, 0.15) is 83.5 Å². The Labute approximate surface area is 155 Å². The Morgan fingerprint density at radius 2 is 1.32 bits per heavy atom. The maximum atomic E-state index is 11.7. The summed E-state index contributed by atoms with van der Waals surface area (Å²) in [7, 11) is 0. The molecule has 4 aliphatic rings. The van der Waals surface area contributed by atoms with Gasteiger partial charge in [-0.15, -0.1) is 0 Å². The van der Waals surface area contributed by atoms with E-state index in [-0.39, 0.29) is 6.10 Å². The molecule has 25 heavy (non-hydrogen) atoms. The second-order valence-electron chi connectivity index (χ2n) is 9.42. The van der Waals surface area contributed by atoms with Crippen LogP contribution in [0.25, 0.3) is 0 Å². The SMILES string of the molecule is O[C@H](C1CCCC2CCCCC21)C(C1C=CCCC1)[C@@H]1C=CCCC1. The second kappa shape index (κ2) is 8.42. The van der Waals surface area contributed by atoms with Crippen molar-refractivity contribution in [1.29, 1.82) is 0 Å². The van der Waals surface area contributed by atoms with Gasteiger partial charge in [0.25, 0.3) is 0 Å². The molecule has 0 amide bonds. The second-order valence-corrected chi connectivity index (χ2v) is 9.42. The van der Waals surface area contributed by atoms with E-state index < -0.39 is 0 Å². The van der Waals surface area contributed by atoms with Crippen LogP contribution < -0.4 is 0 Å². The highest BCUT2D eigenvalue weighted by atomic mass is 16.3. The molecule has 140 valence electrons. The molecule has 2 fully saturated rings. The van der Waals surface area contributed by atoms with E-state index in [1.165, 1.54) is 83.5 Å². The van der Waals surface area contributed by atoms with E-state index in [0.717, 1.165) is 11.8 Å². The Morgan fingerprint density at radius 1 is 0.680 bits per heavy atom. The van der Waals surface area contributed by atoms with Crippen LogP contribution in [0.15, 0.2) is 24.3 Å². The number of rotatable bonds is 4. The first kappa shape index (κ1) is 17.8. The van der Waals surface area contributed by atoms with Crippen LogP contribution in [0.5, 0.6) is 0 Å². The van der Waals surface area contributed by atoms with Crippen molar-refractivity contribution in [2.24, 2.45) is 35.5 Å². The third kappa shape index (κ3) is 3.92. The van der Waals surface area contributed by atoms with Gasteiger partial charge in [0.2, 0.25) is 0 Å². The quantitative estimate of drug-likeness (QED) is 0.596. The molecular formula is C24H38O. The lowest BCUT2D eigenvalue weighted by Crippen LogP contribution is -2.45. The van der Waals surface area contributed by atoms with Gasteiger partial charge in [-0.25, -0.2) is 0 Å². The average molecular weight is 343 g/mol. The van der Waals surface area contributed by atoms with Crippen molar-refractivity contribution in [1.82, 2.24) is 0 Å². The third-order valence-corrected chi connectivity index (χ3v) is 8.04. The van der Waals surface area contributed by atoms with Crippen molar-refractivity contribution >= 4 is 0 Å². The Morgan fingerprint density at radius 3 is 1.96 bits per heavy atom. The molecule has 1 N–H and O–H groups in total. The fourth-order valence-corrected chi connectivity index (χ4v) is 6.84. The Balaban J connectivity index is 1.56. The Hall–Kier alpha value is -0.560. The molecule has 0 saturated heterocycles. The molecule has 0 aromatic rings. The molecule has 1 nitrogen and oxygen atoms in total. The van der Waals surface area contributed by atoms with Gasteiger partial charge in [0.15, 0.2) is 0 Å². The predicted octanol–water partition coefficient (Wildman–Crippen LogP) is 6.28. The number of allylic oxidation sites excluding steroid dienone is 4. The van der Waals surface area contributed by atoms with E-state index in [0.29, 0.717) is 23.7 Å². The van der Waals surface area contributed by atoms with E-state index >= 15 is 0 Å². The number of fused-ring (bicyclic) bond motifs is 1. The molecule has 0 aromatic heterocycles. The molecule has 4 aliphatic carbocycles. The summed E-state index contributed by atoms with van der Waals surface area (Å²) in [6, 6.07) is 0. The average Bonchev–Trinajstić information content (AvgIpc) is 2.69. The molecule has 0 radical (unpaired) electrons. The smallest absolute Gasteiger partial charge is 0.0610 e. The molecule has 4 rings (SSSR count). The van der Waals surface area contributed by atoms with E-state index in [2.05, 4.69) is 24.3 Å². The van der Waals surface area contributed by atoms with Crippen LogP contribution in [0.4, 0.5) is 0 Å². The molecular weight excluding hydrogens is 304 g/mol. The maximum absolute atomic E-state index is 11.7. The fraction of sp³-hybridized carbons (Fsp3) is 0.833. The van der Waals surface area contributed by atoms with Crippen molar-refractivity contribution in [3.63, 3.8) is 0 Å². The summed E-state index contributed by atoms with van der Waals surface area (Å²) in [6.45, 7) is 0. The first-order chi connectivity index (χ1) is 12.3. The van der Waals surface area contributed by atoms with Crippen LogP contribution in [-0.2, 0) is 0 Å². The molecule has 5 unspecified atom stereocenters. The largest absolute Gasteiger partial charge is 0.392 e. The third-order valence-electron chi connectivity index (χ3n) is 8.04. The summed E-state index contributed by atoms with van der Waals surface area (Å²) in [4.78, 5) is 0. The molecule has 0 aromatic carbocycles. The standard InChI is InChI=1S/C24H38O/c25-24(22-17-9-15-18-10-7-8-16-21(18)22)23(19-11-3-1-4-12-19)20-13-5-2-6-14-20/h3,5,11,13,18-25H,1-2,4,6-10,12,14-17H2/t18?,19-,20?,21?,22?,23?,24-/m1/s1. The zero-order chi connectivity index (χ0) is 17.1. The molecule has 0 bridgehead atoms. The van der Waals surface area contributed by atoms with Gasteiger partial charge in [-0.05, 0) is 86.9 Å². The first-order valence-electron chi connectivity index (χ1n) is 11.4. The monoisotopic (exact) mass is 342 g/mol. The summed E-state index contributed by atoms with van der Waals surface area (Å²) < 4.78 is 0. The minimum Gasteiger partial charge on any atom is -0.392 e. The minimum absolute atomic E-state index is 0.0774. The van der Waals surface area contributed by atoms with Gasteiger partial charge in [0, 0.05) is 0 Å². The van der Waals surface area contributed by atoms with Crippen molar-refractivity contribution < 1.29 is 5.11 Å². The van der Waals surface area contributed by atoms with Crippen molar-refractivity contribution in [3.05, 3.63) is 24.3 Å². The van der Waals surface area contributed by atoms with Crippen LogP contribution in [0.2, 0.25) is 0 Å². The zero-order valence-corrected chi connectivity index (χ0v) is 16.0. The molecule has 7 atom stereocenters. The number of aliphatic hydroxyl groups excluding tert-OH is 1. The fourth-order valence-electron chi connectivity index (χ4n) is 6.84. The van der Waals surface area contributed by atoms with Gasteiger partial charge in [0.1, 0.15) is 0 Å². The maximum Gasteiger partial charge on any atom is 0.0610 e. The van der Waals surface area contributed by atoms with Crippen LogP contribution in [0, 0.1) is 35.5 Å². The highest BCUT2D eigenvalue weighted by Gasteiger charge is 2.44. The topological polar surface area (TPSA) is 20.2 Å². The number of hydrogen-bond acceptors (Lipinski definition) is 1. The lowest BCUT2D eigenvalue weighted by molar-refractivity contribution is -0.0515. The summed E-state index contributed by atoms with van der Waals surface area (Å²) >= 11 is 0.